The SMILES string of the molecule is N#CCOc1c2cc(S(=O)(=O)O)cc1Cc1cc(S(=O)(=O)O)cc(c1O)Cc1cc(S(=O)(=O)O)cc(c1OCC#N)Cc1cc(S(=O)(=O)O)cc(c1O)Cc1cc(S(=O)(=O)O)cc(c1OCC#N)Cc1cc(S(=O)(=O)O)cc(c1O)C2. The van der Waals surface area contributed by atoms with Gasteiger partial charge in [0.05, 0.1) is 29.4 Å². The molecule has 0 aliphatic heterocycles. The van der Waals surface area contributed by atoms with E-state index in [1.165, 1.54) is 0 Å². The summed E-state index contributed by atoms with van der Waals surface area (Å²) in [6, 6.07) is 13.4. The number of hydrogen-bond acceptors (Lipinski definition) is 21. The van der Waals surface area contributed by atoms with Gasteiger partial charge in [-0.2, -0.15) is 66.3 Å². The molecule has 81 heavy (non-hydrogen) atoms. The molecule has 1 aliphatic carbocycles. The first kappa shape index (κ1) is 60.7. The number of aromatic hydroxyl groups is 3. The Hall–Kier alpha value is -7.95. The number of ether oxygens (including phenoxy) is 3. The molecule has 6 aromatic carbocycles. The molecule has 0 aromatic heterocycles. The number of nitrogens with zero attached hydrogens (tertiary/aromatic N) is 3. The molecular weight excluding hydrogens is 1190 g/mol. The molecule has 9 N–H and O–H groups in total. The second kappa shape index (κ2) is 22.5. The van der Waals surface area contributed by atoms with Crippen molar-refractivity contribution >= 4 is 60.7 Å². The highest BCUT2D eigenvalue weighted by atomic mass is 32.2. The van der Waals surface area contributed by atoms with E-state index in [0.29, 0.717) is 36.4 Å². The Morgan fingerprint density at radius 2 is 0.432 bits per heavy atom. The predicted octanol–water partition coefficient (Wildman–Crippen LogP) is 3.85. The molecule has 0 amide bonds. The largest absolute Gasteiger partial charge is 0.507 e. The van der Waals surface area contributed by atoms with Gasteiger partial charge in [-0.1, -0.05) is 0 Å². The molecule has 426 valence electrons. The molecular formula is C48H39N3O24S6. The van der Waals surface area contributed by atoms with Crippen LogP contribution in [0.1, 0.15) is 66.8 Å². The average Bonchev–Trinajstić information content (AvgIpc) is 3.36. The van der Waals surface area contributed by atoms with Crippen molar-refractivity contribution in [3.05, 3.63) is 140 Å². The summed E-state index contributed by atoms with van der Waals surface area (Å²) in [5.74, 6) is -4.32. The predicted molar refractivity (Wildman–Crippen MR) is 273 cm³/mol. The van der Waals surface area contributed by atoms with Crippen molar-refractivity contribution in [3.63, 3.8) is 0 Å². The van der Waals surface area contributed by atoms with Crippen LogP contribution in [-0.2, 0) is 99.2 Å². The molecule has 0 heterocycles. The Kier molecular flexibility index (Phi) is 16.9. The summed E-state index contributed by atoms with van der Waals surface area (Å²) < 4.78 is 235. The average molecular weight is 1230 g/mol. The highest BCUT2D eigenvalue weighted by Gasteiger charge is 2.30. The van der Waals surface area contributed by atoms with E-state index >= 15 is 0 Å². The summed E-state index contributed by atoms with van der Waals surface area (Å²) >= 11 is 0. The minimum Gasteiger partial charge on any atom is -0.507 e. The summed E-state index contributed by atoms with van der Waals surface area (Å²) in [5.41, 5.74) is -6.01. The highest BCUT2D eigenvalue weighted by molar-refractivity contribution is 7.87. The number of phenolic OH excluding ortho intramolecular Hbond substituents is 3. The first-order valence-electron chi connectivity index (χ1n) is 22.4. The maximum atomic E-state index is 13.0. The molecule has 0 spiro atoms. The van der Waals surface area contributed by atoms with E-state index in [1.807, 2.05) is 0 Å². The third-order valence-corrected chi connectivity index (χ3v) is 17.3. The second-order valence-corrected chi connectivity index (χ2v) is 26.3. The third kappa shape index (κ3) is 13.8. The zero-order chi connectivity index (χ0) is 59.9. The van der Waals surface area contributed by atoms with Crippen molar-refractivity contribution in [2.24, 2.45) is 0 Å². The summed E-state index contributed by atoms with van der Waals surface area (Å²) in [7, 11) is -32.0. The van der Waals surface area contributed by atoms with Crippen LogP contribution in [0.25, 0.3) is 0 Å². The van der Waals surface area contributed by atoms with Gasteiger partial charge in [0.15, 0.2) is 19.8 Å². The quantitative estimate of drug-likeness (QED) is 0.0784. The van der Waals surface area contributed by atoms with Gasteiger partial charge < -0.3 is 29.5 Å². The standard InChI is InChI=1S/C48H39N3O24S6/c49-1-4-73-46-31-7-25-13-37(76(55,56)57)15-27(43(25)52)9-33-21-41(80(67,68)69)23-35(47(33)74-5-2-50)11-29-17-39(78(61,62)63)18-30(45(29)54)12-36-24-42(81(70,71)72)22-34(48(36)75-6-3-51)10-28-16-38(77(58,59)60)14-26(44(28)53)8-32(46)20-40(19-31)79(64,65)66/h13-24,52-54H,4-12H2,(H,55,56,57)(H,58,59,60)(H,61,62,63)(H,64,65,66)(H,67,68,69)(H,70,71,72). The first-order chi connectivity index (χ1) is 37.5. The van der Waals surface area contributed by atoms with Gasteiger partial charge in [0, 0.05) is 105 Å². The van der Waals surface area contributed by atoms with Crippen molar-refractivity contribution in [2.45, 2.75) is 67.9 Å². The Morgan fingerprint density at radius 3 is 0.556 bits per heavy atom. The summed E-state index contributed by atoms with van der Waals surface area (Å²) in [4.78, 5) is -5.98. The van der Waals surface area contributed by atoms with Gasteiger partial charge in [0.2, 0.25) is 0 Å². The Balaban J connectivity index is 1.69. The molecule has 27 nitrogen and oxygen atoms in total. The van der Waals surface area contributed by atoms with E-state index in [2.05, 4.69) is 0 Å². The number of rotatable bonds is 12. The van der Waals surface area contributed by atoms with Crippen LogP contribution in [0.3, 0.4) is 0 Å². The van der Waals surface area contributed by atoms with Gasteiger partial charge in [-0.3, -0.25) is 27.3 Å². The lowest BCUT2D eigenvalue weighted by Crippen LogP contribution is -2.11. The number of nitriles is 3. The van der Waals surface area contributed by atoms with E-state index in [0.717, 1.165) is 36.4 Å². The maximum Gasteiger partial charge on any atom is 0.294 e. The maximum absolute atomic E-state index is 13.0. The minimum absolute atomic E-state index is 0.446. The van der Waals surface area contributed by atoms with Crippen LogP contribution in [0.4, 0.5) is 0 Å². The normalized spacial score (nSPS) is 13.4. The molecule has 1 aliphatic rings. The fraction of sp³-hybridized carbons (Fsp3) is 0.188. The van der Waals surface area contributed by atoms with E-state index in [-0.39, 0.29) is 0 Å². The van der Waals surface area contributed by atoms with Crippen LogP contribution >= 0.6 is 0 Å². The monoisotopic (exact) mass is 1230 g/mol. The lowest BCUT2D eigenvalue weighted by Gasteiger charge is -2.21. The summed E-state index contributed by atoms with van der Waals surface area (Å²) in [6.45, 7) is -2.65. The first-order valence-corrected chi connectivity index (χ1v) is 31.0. The molecule has 0 atom stereocenters. The Labute approximate surface area is 461 Å². The van der Waals surface area contributed by atoms with E-state index in [9.17, 15) is 109 Å². The fourth-order valence-corrected chi connectivity index (χ4v) is 12.4. The summed E-state index contributed by atoms with van der Waals surface area (Å²) in [6.07, 6.45) is -5.42. The zero-order valence-electron chi connectivity index (χ0n) is 40.7. The van der Waals surface area contributed by atoms with Gasteiger partial charge in [-0.15, -0.1) is 0 Å². The van der Waals surface area contributed by atoms with Crippen molar-refractivity contribution in [1.29, 1.82) is 15.8 Å². The van der Waals surface area contributed by atoms with Gasteiger partial charge in [0.25, 0.3) is 60.7 Å². The van der Waals surface area contributed by atoms with Crippen LogP contribution in [0.2, 0.25) is 0 Å². The molecule has 12 bridgehead atoms. The third-order valence-electron chi connectivity index (χ3n) is 12.3. The molecule has 0 saturated heterocycles. The van der Waals surface area contributed by atoms with Crippen LogP contribution in [0.15, 0.2) is 102 Å². The van der Waals surface area contributed by atoms with Crippen molar-refractivity contribution < 1.29 is 107 Å². The second-order valence-electron chi connectivity index (χ2n) is 17.7. The van der Waals surface area contributed by atoms with Crippen molar-refractivity contribution in [1.82, 2.24) is 0 Å². The Morgan fingerprint density at radius 1 is 0.296 bits per heavy atom. The zero-order valence-corrected chi connectivity index (χ0v) is 45.6. The van der Waals surface area contributed by atoms with Gasteiger partial charge >= 0.3 is 0 Å². The lowest BCUT2D eigenvalue weighted by molar-refractivity contribution is 0.359. The van der Waals surface area contributed by atoms with Crippen LogP contribution in [0.5, 0.6) is 34.5 Å². The fourth-order valence-electron chi connectivity index (χ4n) is 8.94. The van der Waals surface area contributed by atoms with Crippen molar-refractivity contribution in [2.75, 3.05) is 19.8 Å². The topological polar surface area (TPSA) is 486 Å². The van der Waals surface area contributed by atoms with Gasteiger partial charge in [-0.25, -0.2) is 0 Å². The number of fused-ring (bicyclic) bond motifs is 12. The molecule has 0 unspecified atom stereocenters. The molecule has 7 rings (SSSR count). The highest BCUT2D eigenvalue weighted by Crippen LogP contribution is 2.43. The van der Waals surface area contributed by atoms with Crippen LogP contribution in [0, 0.1) is 34.0 Å². The van der Waals surface area contributed by atoms with E-state index < -0.39 is 250 Å². The lowest BCUT2D eigenvalue weighted by atomic mass is 9.91. The Bertz CT molecular complexity index is 3890. The number of phenols is 3. The summed E-state index contributed by atoms with van der Waals surface area (Å²) in [5, 5.41) is 65.0. The molecule has 6 aromatic rings. The molecule has 33 heteroatoms. The molecule has 0 saturated carbocycles. The molecule has 0 fully saturated rings. The van der Waals surface area contributed by atoms with E-state index in [1.54, 1.807) is 18.2 Å². The van der Waals surface area contributed by atoms with Gasteiger partial charge in [0.1, 0.15) is 52.7 Å². The van der Waals surface area contributed by atoms with Crippen LogP contribution < -0.4 is 14.2 Å². The van der Waals surface area contributed by atoms with Crippen LogP contribution in [-0.4, -0.2) is 113 Å². The van der Waals surface area contributed by atoms with Crippen molar-refractivity contribution in [3.8, 4) is 52.7 Å². The minimum atomic E-state index is -5.34. The number of hydrogen-bond donors (Lipinski definition) is 9. The van der Waals surface area contributed by atoms with E-state index in [4.69, 9.17) is 14.2 Å². The molecule has 0 radical (unpaired) electrons. The number of benzene rings is 6. The van der Waals surface area contributed by atoms with Gasteiger partial charge in [-0.05, 0) is 72.8 Å². The smallest absolute Gasteiger partial charge is 0.294 e.